The Morgan fingerprint density at radius 2 is 1.75 bits per heavy atom. The SMILES string of the molecule is CNC(CCc1ccc(C)cc1)c1ccccc1OC. The van der Waals surface area contributed by atoms with Crippen LogP contribution in [0.15, 0.2) is 48.5 Å². The van der Waals surface area contributed by atoms with Crippen LogP contribution in [0.2, 0.25) is 0 Å². The highest BCUT2D eigenvalue weighted by Gasteiger charge is 2.13. The van der Waals surface area contributed by atoms with Gasteiger partial charge in [0.15, 0.2) is 0 Å². The van der Waals surface area contributed by atoms with E-state index in [1.165, 1.54) is 16.7 Å². The lowest BCUT2D eigenvalue weighted by Gasteiger charge is -2.19. The number of aryl methyl sites for hydroxylation is 2. The molecule has 2 aromatic carbocycles. The van der Waals surface area contributed by atoms with Crippen molar-refractivity contribution in [2.75, 3.05) is 14.2 Å². The lowest BCUT2D eigenvalue weighted by molar-refractivity contribution is 0.399. The number of ether oxygens (including phenoxy) is 1. The minimum Gasteiger partial charge on any atom is -0.496 e. The molecule has 2 heteroatoms. The maximum Gasteiger partial charge on any atom is 0.123 e. The second kappa shape index (κ2) is 7.11. The summed E-state index contributed by atoms with van der Waals surface area (Å²) in [5.74, 6) is 0.954. The predicted octanol–water partition coefficient (Wildman–Crippen LogP) is 3.90. The molecular formula is C18H23NO. The van der Waals surface area contributed by atoms with Gasteiger partial charge in [-0.2, -0.15) is 0 Å². The Morgan fingerprint density at radius 3 is 2.40 bits per heavy atom. The number of nitrogens with one attached hydrogen (secondary N) is 1. The number of hydrogen-bond donors (Lipinski definition) is 1. The summed E-state index contributed by atoms with van der Waals surface area (Å²) in [5, 5.41) is 3.39. The summed E-state index contributed by atoms with van der Waals surface area (Å²) >= 11 is 0. The quantitative estimate of drug-likeness (QED) is 0.859. The zero-order valence-electron chi connectivity index (χ0n) is 12.5. The van der Waals surface area contributed by atoms with E-state index in [1.807, 2.05) is 19.2 Å². The molecule has 0 saturated carbocycles. The number of methoxy groups -OCH3 is 1. The molecule has 0 radical (unpaired) electrons. The summed E-state index contributed by atoms with van der Waals surface area (Å²) in [6, 6.07) is 17.3. The van der Waals surface area contributed by atoms with Crippen molar-refractivity contribution in [2.24, 2.45) is 0 Å². The Morgan fingerprint density at radius 1 is 1.05 bits per heavy atom. The van der Waals surface area contributed by atoms with Crippen LogP contribution < -0.4 is 10.1 Å². The van der Waals surface area contributed by atoms with E-state index in [2.05, 4.69) is 48.6 Å². The monoisotopic (exact) mass is 269 g/mol. The van der Waals surface area contributed by atoms with Gasteiger partial charge in [-0.15, -0.1) is 0 Å². The number of hydrogen-bond acceptors (Lipinski definition) is 2. The Bertz CT molecular complexity index is 533. The van der Waals surface area contributed by atoms with Gasteiger partial charge in [0.25, 0.3) is 0 Å². The fourth-order valence-electron chi connectivity index (χ4n) is 2.48. The van der Waals surface area contributed by atoms with Crippen molar-refractivity contribution in [3.63, 3.8) is 0 Å². The zero-order valence-corrected chi connectivity index (χ0v) is 12.5. The standard InChI is InChI=1S/C18H23NO/c1-14-8-10-15(11-9-14)12-13-17(19-2)16-6-4-5-7-18(16)20-3/h4-11,17,19H,12-13H2,1-3H3. The molecule has 106 valence electrons. The molecule has 1 unspecified atom stereocenters. The smallest absolute Gasteiger partial charge is 0.123 e. The first-order valence-corrected chi connectivity index (χ1v) is 7.10. The van der Waals surface area contributed by atoms with E-state index in [0.29, 0.717) is 6.04 Å². The van der Waals surface area contributed by atoms with E-state index in [0.717, 1.165) is 18.6 Å². The minimum atomic E-state index is 0.312. The Balaban J connectivity index is 2.07. The molecule has 2 nitrogen and oxygen atoms in total. The summed E-state index contributed by atoms with van der Waals surface area (Å²) in [4.78, 5) is 0. The van der Waals surface area contributed by atoms with Gasteiger partial charge in [0.2, 0.25) is 0 Å². The zero-order chi connectivity index (χ0) is 14.4. The van der Waals surface area contributed by atoms with Gasteiger partial charge in [0.05, 0.1) is 7.11 Å². The second-order valence-electron chi connectivity index (χ2n) is 5.11. The van der Waals surface area contributed by atoms with Crippen LogP contribution in [0.1, 0.15) is 29.2 Å². The normalized spacial score (nSPS) is 12.2. The van der Waals surface area contributed by atoms with Crippen molar-refractivity contribution in [3.8, 4) is 5.75 Å². The van der Waals surface area contributed by atoms with E-state index >= 15 is 0 Å². The Kier molecular flexibility index (Phi) is 5.19. The van der Waals surface area contributed by atoms with E-state index in [-0.39, 0.29) is 0 Å². The van der Waals surface area contributed by atoms with Crippen LogP contribution in [0.5, 0.6) is 5.75 Å². The molecule has 0 aromatic heterocycles. The maximum atomic E-state index is 5.46. The van der Waals surface area contributed by atoms with E-state index in [1.54, 1.807) is 7.11 Å². The highest BCUT2D eigenvalue weighted by Crippen LogP contribution is 2.27. The van der Waals surface area contributed by atoms with Crippen molar-refractivity contribution >= 4 is 0 Å². The lowest BCUT2D eigenvalue weighted by Crippen LogP contribution is -2.18. The highest BCUT2D eigenvalue weighted by molar-refractivity contribution is 5.36. The molecule has 0 bridgehead atoms. The van der Waals surface area contributed by atoms with E-state index in [9.17, 15) is 0 Å². The van der Waals surface area contributed by atoms with Crippen molar-refractivity contribution in [3.05, 3.63) is 65.2 Å². The molecule has 0 aliphatic carbocycles. The van der Waals surface area contributed by atoms with Crippen LogP contribution in [-0.4, -0.2) is 14.2 Å². The molecule has 1 N–H and O–H groups in total. The second-order valence-corrected chi connectivity index (χ2v) is 5.11. The summed E-state index contributed by atoms with van der Waals surface area (Å²) in [7, 11) is 3.73. The molecule has 0 saturated heterocycles. The van der Waals surface area contributed by atoms with Gasteiger partial charge in [0.1, 0.15) is 5.75 Å². The third-order valence-corrected chi connectivity index (χ3v) is 3.71. The fourth-order valence-corrected chi connectivity index (χ4v) is 2.48. The van der Waals surface area contributed by atoms with Gasteiger partial charge in [-0.1, -0.05) is 48.0 Å². The van der Waals surface area contributed by atoms with Crippen LogP contribution in [-0.2, 0) is 6.42 Å². The molecule has 1 atom stereocenters. The van der Waals surface area contributed by atoms with Crippen molar-refractivity contribution in [1.29, 1.82) is 0 Å². The van der Waals surface area contributed by atoms with Crippen LogP contribution >= 0.6 is 0 Å². The highest BCUT2D eigenvalue weighted by atomic mass is 16.5. The van der Waals surface area contributed by atoms with Gasteiger partial charge in [-0.25, -0.2) is 0 Å². The largest absolute Gasteiger partial charge is 0.496 e. The summed E-state index contributed by atoms with van der Waals surface area (Å²) in [6.45, 7) is 2.12. The molecule has 0 aliphatic rings. The van der Waals surface area contributed by atoms with E-state index < -0.39 is 0 Å². The molecule has 0 amide bonds. The first kappa shape index (κ1) is 14.6. The predicted molar refractivity (Wildman–Crippen MR) is 84.3 cm³/mol. The van der Waals surface area contributed by atoms with Crippen LogP contribution in [0.4, 0.5) is 0 Å². The Labute approximate surface area is 121 Å². The van der Waals surface area contributed by atoms with E-state index in [4.69, 9.17) is 4.74 Å². The first-order valence-electron chi connectivity index (χ1n) is 7.10. The minimum absolute atomic E-state index is 0.312. The molecular weight excluding hydrogens is 246 g/mol. The first-order chi connectivity index (χ1) is 9.74. The van der Waals surface area contributed by atoms with Crippen molar-refractivity contribution in [2.45, 2.75) is 25.8 Å². The molecule has 0 fully saturated rings. The fraction of sp³-hybridized carbons (Fsp3) is 0.333. The van der Waals surface area contributed by atoms with Gasteiger partial charge >= 0.3 is 0 Å². The molecule has 0 spiro atoms. The summed E-state index contributed by atoms with van der Waals surface area (Å²) in [6.07, 6.45) is 2.11. The summed E-state index contributed by atoms with van der Waals surface area (Å²) in [5.41, 5.74) is 3.92. The van der Waals surface area contributed by atoms with Crippen molar-refractivity contribution in [1.82, 2.24) is 5.32 Å². The lowest BCUT2D eigenvalue weighted by atomic mass is 9.98. The van der Waals surface area contributed by atoms with Gasteiger partial charge in [-0.3, -0.25) is 0 Å². The molecule has 0 heterocycles. The van der Waals surface area contributed by atoms with Crippen LogP contribution in [0.25, 0.3) is 0 Å². The average molecular weight is 269 g/mol. The van der Waals surface area contributed by atoms with Gasteiger partial charge in [-0.05, 0) is 38.4 Å². The van der Waals surface area contributed by atoms with Crippen LogP contribution in [0, 0.1) is 6.92 Å². The summed E-state index contributed by atoms with van der Waals surface area (Å²) < 4.78 is 5.46. The number of rotatable bonds is 6. The van der Waals surface area contributed by atoms with Crippen molar-refractivity contribution < 1.29 is 4.74 Å². The molecule has 20 heavy (non-hydrogen) atoms. The third-order valence-electron chi connectivity index (χ3n) is 3.71. The topological polar surface area (TPSA) is 21.3 Å². The van der Waals surface area contributed by atoms with Gasteiger partial charge in [0, 0.05) is 11.6 Å². The molecule has 2 aromatic rings. The number of benzene rings is 2. The Hall–Kier alpha value is -1.80. The number of para-hydroxylation sites is 1. The van der Waals surface area contributed by atoms with Gasteiger partial charge < -0.3 is 10.1 Å². The molecule has 2 rings (SSSR count). The maximum absolute atomic E-state index is 5.46. The third kappa shape index (κ3) is 3.61. The van der Waals surface area contributed by atoms with Crippen LogP contribution in [0.3, 0.4) is 0 Å². The molecule has 0 aliphatic heterocycles. The average Bonchev–Trinajstić information content (AvgIpc) is 2.50.